The number of halogens is 3. The van der Waals surface area contributed by atoms with Crippen molar-refractivity contribution in [1.29, 1.82) is 0 Å². The topological polar surface area (TPSA) is 71.3 Å². The summed E-state index contributed by atoms with van der Waals surface area (Å²) in [6.45, 7) is -0.0139. The van der Waals surface area contributed by atoms with Gasteiger partial charge in [-0.05, 0) is 35.9 Å². The Labute approximate surface area is 141 Å². The zero-order valence-corrected chi connectivity index (χ0v) is 13.0. The third-order valence-electron chi connectivity index (χ3n) is 3.13. The highest BCUT2D eigenvalue weighted by molar-refractivity contribution is 5.94. The van der Waals surface area contributed by atoms with E-state index < -0.39 is 23.6 Å². The van der Waals surface area contributed by atoms with Crippen molar-refractivity contribution in [3.8, 4) is 0 Å². The first-order valence-corrected chi connectivity index (χ1v) is 7.27. The maximum Gasteiger partial charge on any atom is 0.416 e. The number of carbonyl (C=O) groups excluding carboxylic acids is 2. The third kappa shape index (κ3) is 6.17. The molecule has 1 aromatic heterocycles. The zero-order valence-electron chi connectivity index (χ0n) is 13.0. The molecule has 0 saturated heterocycles. The molecule has 8 heteroatoms. The minimum atomic E-state index is -4.40. The molecule has 132 valence electrons. The largest absolute Gasteiger partial charge is 0.467 e. The van der Waals surface area contributed by atoms with Gasteiger partial charge < -0.3 is 15.1 Å². The van der Waals surface area contributed by atoms with Gasteiger partial charge in [0.1, 0.15) is 5.76 Å². The van der Waals surface area contributed by atoms with Crippen LogP contribution >= 0.6 is 0 Å². The Balaban J connectivity index is 1.75. The first-order chi connectivity index (χ1) is 11.8. The zero-order chi connectivity index (χ0) is 18.3. The summed E-state index contributed by atoms with van der Waals surface area (Å²) in [5.41, 5.74) is -0.326. The standard InChI is InChI=1S/C17H15F3N2O3/c18-17(19,20)13-6-3-12(4-7-13)5-8-15(23)22-11-16(24)21-10-14-2-1-9-25-14/h1-9H,10-11H2,(H,21,24)(H,22,23)/b8-5+. The fourth-order valence-electron chi connectivity index (χ4n) is 1.84. The highest BCUT2D eigenvalue weighted by Crippen LogP contribution is 2.29. The molecule has 0 fully saturated rings. The molecule has 2 rings (SSSR count). The van der Waals surface area contributed by atoms with Crippen LogP contribution in [0, 0.1) is 0 Å². The van der Waals surface area contributed by atoms with Crippen LogP contribution in [0.2, 0.25) is 0 Å². The predicted octanol–water partition coefficient (Wildman–Crippen LogP) is 2.74. The first kappa shape index (κ1) is 18.3. The van der Waals surface area contributed by atoms with E-state index in [9.17, 15) is 22.8 Å². The molecule has 2 N–H and O–H groups in total. The minimum Gasteiger partial charge on any atom is -0.467 e. The van der Waals surface area contributed by atoms with Crippen LogP contribution in [0.3, 0.4) is 0 Å². The number of furan rings is 1. The summed E-state index contributed by atoms with van der Waals surface area (Å²) in [5.74, 6) is -0.345. The molecule has 1 aromatic carbocycles. The quantitative estimate of drug-likeness (QED) is 0.786. The number of hydrogen-bond acceptors (Lipinski definition) is 3. The molecular formula is C17H15F3N2O3. The van der Waals surface area contributed by atoms with Crippen LogP contribution in [-0.4, -0.2) is 18.4 Å². The van der Waals surface area contributed by atoms with Crippen LogP contribution in [-0.2, 0) is 22.3 Å². The second-order valence-electron chi connectivity index (χ2n) is 5.03. The predicted molar refractivity (Wildman–Crippen MR) is 84.0 cm³/mol. The Bertz CT molecular complexity index is 735. The van der Waals surface area contributed by atoms with Gasteiger partial charge in [-0.2, -0.15) is 13.2 Å². The van der Waals surface area contributed by atoms with Crippen LogP contribution < -0.4 is 10.6 Å². The van der Waals surface area contributed by atoms with E-state index in [1.807, 2.05) is 0 Å². The summed E-state index contributed by atoms with van der Waals surface area (Å²) in [5, 5.41) is 4.93. The number of amides is 2. The van der Waals surface area contributed by atoms with E-state index in [1.165, 1.54) is 24.5 Å². The summed E-state index contributed by atoms with van der Waals surface area (Å²) >= 11 is 0. The number of hydrogen-bond donors (Lipinski definition) is 2. The fraction of sp³-hybridized carbons (Fsp3) is 0.176. The van der Waals surface area contributed by atoms with E-state index in [0.29, 0.717) is 11.3 Å². The molecule has 2 amide bonds. The van der Waals surface area contributed by atoms with Crippen LogP contribution in [0.15, 0.2) is 53.2 Å². The van der Waals surface area contributed by atoms with Crippen LogP contribution in [0.1, 0.15) is 16.9 Å². The minimum absolute atomic E-state index is 0.211. The summed E-state index contributed by atoms with van der Waals surface area (Å²) in [7, 11) is 0. The van der Waals surface area contributed by atoms with E-state index in [0.717, 1.165) is 18.2 Å². The molecule has 0 bridgehead atoms. The molecule has 1 heterocycles. The van der Waals surface area contributed by atoms with Crippen molar-refractivity contribution in [3.63, 3.8) is 0 Å². The van der Waals surface area contributed by atoms with Gasteiger partial charge in [-0.3, -0.25) is 9.59 Å². The summed E-state index contributed by atoms with van der Waals surface area (Å²) < 4.78 is 42.4. The molecular weight excluding hydrogens is 337 g/mol. The lowest BCUT2D eigenvalue weighted by molar-refractivity contribution is -0.137. The molecule has 0 aliphatic carbocycles. The Morgan fingerprint density at radius 3 is 2.40 bits per heavy atom. The molecule has 0 aliphatic heterocycles. The van der Waals surface area contributed by atoms with E-state index in [1.54, 1.807) is 12.1 Å². The third-order valence-corrected chi connectivity index (χ3v) is 3.13. The molecule has 2 aromatic rings. The summed E-state index contributed by atoms with van der Waals surface area (Å²) in [6.07, 6.45) is -0.420. The van der Waals surface area contributed by atoms with Gasteiger partial charge in [-0.1, -0.05) is 12.1 Å². The van der Waals surface area contributed by atoms with Crippen molar-refractivity contribution >= 4 is 17.9 Å². The monoisotopic (exact) mass is 352 g/mol. The lowest BCUT2D eigenvalue weighted by Crippen LogP contribution is -2.35. The van der Waals surface area contributed by atoms with Crippen molar-refractivity contribution in [2.24, 2.45) is 0 Å². The van der Waals surface area contributed by atoms with Crippen molar-refractivity contribution in [2.45, 2.75) is 12.7 Å². The molecule has 0 atom stereocenters. The Hall–Kier alpha value is -3.03. The Morgan fingerprint density at radius 2 is 1.80 bits per heavy atom. The van der Waals surface area contributed by atoms with Crippen LogP contribution in [0.25, 0.3) is 6.08 Å². The maximum absolute atomic E-state index is 12.4. The summed E-state index contributed by atoms with van der Waals surface area (Å²) in [6, 6.07) is 7.76. The number of nitrogens with one attached hydrogen (secondary N) is 2. The Morgan fingerprint density at radius 1 is 1.08 bits per heavy atom. The van der Waals surface area contributed by atoms with E-state index in [-0.39, 0.29) is 13.1 Å². The van der Waals surface area contributed by atoms with Gasteiger partial charge in [-0.25, -0.2) is 0 Å². The highest BCUT2D eigenvalue weighted by Gasteiger charge is 2.29. The van der Waals surface area contributed by atoms with Crippen molar-refractivity contribution < 1.29 is 27.2 Å². The Kier molecular flexibility index (Phi) is 5.99. The molecule has 0 unspecified atom stereocenters. The van der Waals surface area contributed by atoms with Gasteiger partial charge in [0.15, 0.2) is 0 Å². The lowest BCUT2D eigenvalue weighted by Gasteiger charge is -2.06. The molecule has 5 nitrogen and oxygen atoms in total. The van der Waals surface area contributed by atoms with Gasteiger partial charge in [0.25, 0.3) is 0 Å². The highest BCUT2D eigenvalue weighted by atomic mass is 19.4. The SMILES string of the molecule is O=C(/C=C/c1ccc(C(F)(F)F)cc1)NCC(=O)NCc1ccco1. The van der Waals surface area contributed by atoms with Gasteiger partial charge in [0.05, 0.1) is 24.9 Å². The number of alkyl halides is 3. The average Bonchev–Trinajstić information content (AvgIpc) is 3.09. The van der Waals surface area contributed by atoms with Gasteiger partial charge in [0, 0.05) is 6.08 Å². The van der Waals surface area contributed by atoms with E-state index in [2.05, 4.69) is 10.6 Å². The number of rotatable bonds is 6. The molecule has 0 radical (unpaired) electrons. The van der Waals surface area contributed by atoms with E-state index in [4.69, 9.17) is 4.42 Å². The first-order valence-electron chi connectivity index (χ1n) is 7.27. The average molecular weight is 352 g/mol. The van der Waals surface area contributed by atoms with Gasteiger partial charge in [-0.15, -0.1) is 0 Å². The van der Waals surface area contributed by atoms with Crippen LogP contribution in [0.5, 0.6) is 0 Å². The molecule has 0 aliphatic rings. The fourth-order valence-corrected chi connectivity index (χ4v) is 1.84. The molecule has 25 heavy (non-hydrogen) atoms. The van der Waals surface area contributed by atoms with Crippen molar-refractivity contribution in [1.82, 2.24) is 10.6 Å². The lowest BCUT2D eigenvalue weighted by atomic mass is 10.1. The smallest absolute Gasteiger partial charge is 0.416 e. The maximum atomic E-state index is 12.4. The normalized spacial score (nSPS) is 11.5. The number of carbonyl (C=O) groups is 2. The second kappa shape index (κ2) is 8.18. The summed E-state index contributed by atoms with van der Waals surface area (Å²) in [4.78, 5) is 23.2. The second-order valence-corrected chi connectivity index (χ2v) is 5.03. The van der Waals surface area contributed by atoms with E-state index >= 15 is 0 Å². The number of benzene rings is 1. The molecule has 0 saturated carbocycles. The van der Waals surface area contributed by atoms with Crippen molar-refractivity contribution in [2.75, 3.05) is 6.54 Å². The van der Waals surface area contributed by atoms with Crippen molar-refractivity contribution in [3.05, 3.63) is 65.6 Å². The van der Waals surface area contributed by atoms with Gasteiger partial charge in [0.2, 0.25) is 11.8 Å². The van der Waals surface area contributed by atoms with Crippen LogP contribution in [0.4, 0.5) is 13.2 Å². The van der Waals surface area contributed by atoms with Gasteiger partial charge >= 0.3 is 6.18 Å². The molecule has 0 spiro atoms.